The second-order valence-electron chi connectivity index (χ2n) is 5.82. The van der Waals surface area contributed by atoms with E-state index in [9.17, 15) is 4.79 Å². The van der Waals surface area contributed by atoms with Gasteiger partial charge in [-0.3, -0.25) is 4.79 Å². The van der Waals surface area contributed by atoms with Crippen LogP contribution >= 0.6 is 0 Å². The van der Waals surface area contributed by atoms with Crippen molar-refractivity contribution in [2.24, 2.45) is 0 Å². The van der Waals surface area contributed by atoms with Gasteiger partial charge in [-0.25, -0.2) is 0 Å². The first kappa shape index (κ1) is 16.6. The Balaban J connectivity index is 1.78. The molecule has 0 unspecified atom stereocenters. The Morgan fingerprint density at radius 2 is 2.12 bits per heavy atom. The number of carbonyl (C=O) groups excluding carboxylic acids is 1. The Kier molecular flexibility index (Phi) is 5.20. The molecule has 1 fully saturated rings. The predicted octanol–water partition coefficient (Wildman–Crippen LogP) is 2.99. The van der Waals surface area contributed by atoms with Crippen molar-refractivity contribution in [1.29, 1.82) is 0 Å². The Morgan fingerprint density at radius 3 is 2.88 bits per heavy atom. The van der Waals surface area contributed by atoms with Gasteiger partial charge in [-0.1, -0.05) is 25.1 Å². The summed E-state index contributed by atoms with van der Waals surface area (Å²) in [5.74, 6) is 2.51. The summed E-state index contributed by atoms with van der Waals surface area (Å²) in [6, 6.07) is 11.4. The number of carbonyl (C=O) groups is 1. The van der Waals surface area contributed by atoms with Crippen LogP contribution in [-0.4, -0.2) is 37.7 Å². The van der Waals surface area contributed by atoms with Crippen molar-refractivity contribution in [2.45, 2.75) is 25.8 Å². The number of amides is 1. The van der Waals surface area contributed by atoms with Gasteiger partial charge in [-0.05, 0) is 18.2 Å². The number of hydrogen-bond donors (Lipinski definition) is 0. The number of methoxy groups -OCH3 is 1. The third-order valence-electron chi connectivity index (χ3n) is 4.34. The standard InChI is InChI=1S/C19H23NO4/c1-3-15-8-9-18(24-15)16-13-23-11-10-20(16)19(21)12-14-6-4-5-7-17(14)22-2/h4-9,16H,3,10-13H2,1-2H3/t16-/m1/s1. The minimum Gasteiger partial charge on any atom is -0.496 e. The maximum atomic E-state index is 12.9. The second kappa shape index (κ2) is 7.53. The third-order valence-corrected chi connectivity index (χ3v) is 4.34. The van der Waals surface area contributed by atoms with Crippen molar-refractivity contribution in [2.75, 3.05) is 26.9 Å². The van der Waals surface area contributed by atoms with E-state index in [1.807, 2.05) is 48.2 Å². The minimum absolute atomic E-state index is 0.0576. The summed E-state index contributed by atoms with van der Waals surface area (Å²) in [5.41, 5.74) is 0.893. The Morgan fingerprint density at radius 1 is 1.29 bits per heavy atom. The molecule has 24 heavy (non-hydrogen) atoms. The van der Waals surface area contributed by atoms with E-state index in [0.29, 0.717) is 26.2 Å². The van der Waals surface area contributed by atoms with Gasteiger partial charge in [0.15, 0.2) is 0 Å². The predicted molar refractivity (Wildman–Crippen MR) is 90.1 cm³/mol. The van der Waals surface area contributed by atoms with Gasteiger partial charge in [0.1, 0.15) is 23.3 Å². The molecule has 128 valence electrons. The van der Waals surface area contributed by atoms with Crippen LogP contribution in [0.15, 0.2) is 40.8 Å². The average Bonchev–Trinajstić information content (AvgIpc) is 3.11. The number of aryl methyl sites for hydroxylation is 1. The fraction of sp³-hybridized carbons (Fsp3) is 0.421. The molecule has 0 N–H and O–H groups in total. The molecular weight excluding hydrogens is 306 g/mol. The first-order valence-electron chi connectivity index (χ1n) is 8.30. The minimum atomic E-state index is -0.166. The number of ether oxygens (including phenoxy) is 2. The molecule has 1 saturated heterocycles. The lowest BCUT2D eigenvalue weighted by Gasteiger charge is -2.34. The smallest absolute Gasteiger partial charge is 0.227 e. The number of morpholine rings is 1. The zero-order valence-corrected chi connectivity index (χ0v) is 14.2. The van der Waals surface area contributed by atoms with Crippen LogP contribution in [0.4, 0.5) is 0 Å². The van der Waals surface area contributed by atoms with Crippen molar-refractivity contribution < 1.29 is 18.7 Å². The van der Waals surface area contributed by atoms with Crippen molar-refractivity contribution in [3.63, 3.8) is 0 Å². The quantitative estimate of drug-likeness (QED) is 0.846. The summed E-state index contributed by atoms with van der Waals surface area (Å²) in [6.45, 7) is 3.63. The molecule has 2 aromatic rings. The van der Waals surface area contributed by atoms with Gasteiger partial charge in [0.25, 0.3) is 0 Å². The number of rotatable bonds is 5. The molecule has 0 bridgehead atoms. The van der Waals surface area contributed by atoms with Crippen molar-refractivity contribution in [3.05, 3.63) is 53.5 Å². The van der Waals surface area contributed by atoms with E-state index >= 15 is 0 Å². The fourth-order valence-electron chi connectivity index (χ4n) is 3.01. The Bertz CT molecular complexity index is 694. The molecule has 1 aliphatic heterocycles. The molecule has 5 nitrogen and oxygen atoms in total. The van der Waals surface area contributed by atoms with Gasteiger partial charge in [0.05, 0.1) is 26.7 Å². The lowest BCUT2D eigenvalue weighted by atomic mass is 10.1. The lowest BCUT2D eigenvalue weighted by Crippen LogP contribution is -2.44. The van der Waals surface area contributed by atoms with Gasteiger partial charge >= 0.3 is 0 Å². The Labute approximate surface area is 142 Å². The van der Waals surface area contributed by atoms with Crippen LogP contribution in [0.3, 0.4) is 0 Å². The number of hydrogen-bond acceptors (Lipinski definition) is 4. The van der Waals surface area contributed by atoms with Crippen LogP contribution in [0.5, 0.6) is 5.75 Å². The van der Waals surface area contributed by atoms with Gasteiger partial charge in [0.2, 0.25) is 5.91 Å². The van der Waals surface area contributed by atoms with Crippen molar-refractivity contribution in [1.82, 2.24) is 4.90 Å². The SMILES string of the molecule is CCc1ccc([C@H]2COCCN2C(=O)Cc2ccccc2OC)o1. The summed E-state index contributed by atoms with van der Waals surface area (Å²) >= 11 is 0. The average molecular weight is 329 g/mol. The molecule has 1 aromatic heterocycles. The topological polar surface area (TPSA) is 51.9 Å². The molecule has 0 saturated carbocycles. The highest BCUT2D eigenvalue weighted by atomic mass is 16.5. The van der Waals surface area contributed by atoms with E-state index in [1.165, 1.54) is 0 Å². The Hall–Kier alpha value is -2.27. The third kappa shape index (κ3) is 3.46. The number of para-hydroxylation sites is 1. The number of nitrogens with zero attached hydrogens (tertiary/aromatic N) is 1. The number of furan rings is 1. The van der Waals surface area contributed by atoms with E-state index in [4.69, 9.17) is 13.9 Å². The van der Waals surface area contributed by atoms with Crippen molar-refractivity contribution >= 4 is 5.91 Å². The lowest BCUT2D eigenvalue weighted by molar-refractivity contribution is -0.140. The van der Waals surface area contributed by atoms with Crippen LogP contribution in [0.1, 0.15) is 30.0 Å². The maximum absolute atomic E-state index is 12.9. The first-order chi connectivity index (χ1) is 11.7. The first-order valence-corrected chi connectivity index (χ1v) is 8.30. The molecule has 1 amide bonds. The zero-order chi connectivity index (χ0) is 16.9. The van der Waals surface area contributed by atoms with E-state index in [2.05, 4.69) is 0 Å². The van der Waals surface area contributed by atoms with E-state index in [-0.39, 0.29) is 11.9 Å². The summed E-state index contributed by atoms with van der Waals surface area (Å²) < 4.78 is 16.8. The van der Waals surface area contributed by atoms with Gasteiger partial charge < -0.3 is 18.8 Å². The van der Waals surface area contributed by atoms with Gasteiger partial charge in [-0.2, -0.15) is 0 Å². The molecule has 1 aromatic carbocycles. The highest BCUT2D eigenvalue weighted by molar-refractivity contribution is 5.80. The molecule has 0 radical (unpaired) electrons. The van der Waals surface area contributed by atoms with Gasteiger partial charge in [0, 0.05) is 18.5 Å². The second-order valence-corrected chi connectivity index (χ2v) is 5.82. The van der Waals surface area contributed by atoms with Crippen LogP contribution in [0.2, 0.25) is 0 Å². The highest BCUT2D eigenvalue weighted by Gasteiger charge is 2.31. The van der Waals surface area contributed by atoms with Crippen LogP contribution in [0.25, 0.3) is 0 Å². The zero-order valence-electron chi connectivity index (χ0n) is 14.2. The molecule has 5 heteroatoms. The van der Waals surface area contributed by atoms with Crippen LogP contribution in [-0.2, 0) is 22.4 Å². The number of benzene rings is 1. The summed E-state index contributed by atoms with van der Waals surface area (Å²) in [5, 5.41) is 0. The van der Waals surface area contributed by atoms with E-state index in [1.54, 1.807) is 7.11 Å². The summed E-state index contributed by atoms with van der Waals surface area (Å²) in [6.07, 6.45) is 1.14. The molecular formula is C19H23NO4. The maximum Gasteiger partial charge on any atom is 0.227 e. The van der Waals surface area contributed by atoms with Crippen LogP contribution in [0, 0.1) is 0 Å². The molecule has 1 aliphatic rings. The summed E-state index contributed by atoms with van der Waals surface area (Å²) in [7, 11) is 1.62. The van der Waals surface area contributed by atoms with E-state index < -0.39 is 0 Å². The highest BCUT2D eigenvalue weighted by Crippen LogP contribution is 2.28. The molecule has 0 aliphatic carbocycles. The van der Waals surface area contributed by atoms with Crippen LogP contribution < -0.4 is 4.74 Å². The molecule has 3 rings (SSSR count). The fourth-order valence-corrected chi connectivity index (χ4v) is 3.01. The monoisotopic (exact) mass is 329 g/mol. The normalized spacial score (nSPS) is 17.8. The molecule has 0 spiro atoms. The largest absolute Gasteiger partial charge is 0.496 e. The van der Waals surface area contributed by atoms with Gasteiger partial charge in [-0.15, -0.1) is 0 Å². The molecule has 1 atom stereocenters. The van der Waals surface area contributed by atoms with Crippen molar-refractivity contribution in [3.8, 4) is 5.75 Å². The van der Waals surface area contributed by atoms with E-state index in [0.717, 1.165) is 29.3 Å². The molecule has 2 heterocycles. The summed E-state index contributed by atoms with van der Waals surface area (Å²) in [4.78, 5) is 14.7.